The van der Waals surface area contributed by atoms with Crippen LogP contribution in [0.1, 0.15) is 34.5 Å². The van der Waals surface area contributed by atoms with Crippen LogP contribution in [-0.2, 0) is 14.6 Å². The quantitative estimate of drug-likeness (QED) is 0.560. The van der Waals surface area contributed by atoms with Crippen LogP contribution in [0.3, 0.4) is 0 Å². The summed E-state index contributed by atoms with van der Waals surface area (Å²) in [6.45, 7) is 1.78. The second kappa shape index (κ2) is 7.59. The minimum atomic E-state index is -3.67. The molecule has 34 heavy (non-hydrogen) atoms. The highest BCUT2D eigenvalue weighted by Gasteiger charge is 2.44. The summed E-state index contributed by atoms with van der Waals surface area (Å²) in [7, 11) is -0.262. The van der Waals surface area contributed by atoms with E-state index in [9.17, 15) is 18.0 Å². The largest absolute Gasteiger partial charge is 0.346 e. The van der Waals surface area contributed by atoms with E-state index in [4.69, 9.17) is 0 Å². The number of hydrogen-bond acceptors (Lipinski definition) is 8. The van der Waals surface area contributed by atoms with Gasteiger partial charge in [-0.25, -0.2) is 13.4 Å². The molecule has 2 amide bonds. The predicted octanol–water partition coefficient (Wildman–Crippen LogP) is 1.83. The average molecular weight is 479 g/mol. The summed E-state index contributed by atoms with van der Waals surface area (Å²) in [5.74, 6) is -0.00510. The molecule has 0 N–H and O–H groups in total. The first-order chi connectivity index (χ1) is 16.1. The number of carbonyl (C=O) groups is 2. The van der Waals surface area contributed by atoms with E-state index in [1.54, 1.807) is 56.5 Å². The zero-order valence-corrected chi connectivity index (χ0v) is 19.8. The summed E-state index contributed by atoms with van der Waals surface area (Å²) in [5.41, 5.74) is 1.86. The van der Waals surface area contributed by atoms with Crippen molar-refractivity contribution in [3.8, 4) is 0 Å². The molecule has 0 radical (unpaired) electrons. The number of sulfone groups is 1. The van der Waals surface area contributed by atoms with Crippen molar-refractivity contribution in [2.75, 3.05) is 35.1 Å². The molecule has 1 unspecified atom stereocenters. The molecule has 2 aliphatic rings. The molecule has 0 spiro atoms. The van der Waals surface area contributed by atoms with E-state index in [0.29, 0.717) is 22.6 Å². The Kier molecular flexibility index (Phi) is 4.90. The number of benzene rings is 1. The maximum atomic E-state index is 13.8. The third kappa shape index (κ3) is 3.15. The first kappa shape index (κ1) is 22.0. The van der Waals surface area contributed by atoms with Gasteiger partial charge in [0.25, 0.3) is 5.91 Å². The number of fused-ring (bicyclic) bond motifs is 2. The Morgan fingerprint density at radius 1 is 1.03 bits per heavy atom. The van der Waals surface area contributed by atoms with Crippen molar-refractivity contribution >= 4 is 39.1 Å². The Labute approximate surface area is 196 Å². The molecule has 10 nitrogen and oxygen atoms in total. The molecule has 3 aromatic rings. The predicted molar refractivity (Wildman–Crippen MR) is 126 cm³/mol. The smallest absolute Gasteiger partial charge is 0.263 e. The van der Waals surface area contributed by atoms with Gasteiger partial charge in [0.05, 0.1) is 22.7 Å². The Balaban J connectivity index is 1.73. The van der Waals surface area contributed by atoms with E-state index in [1.165, 1.54) is 22.1 Å². The van der Waals surface area contributed by atoms with Crippen LogP contribution in [0.4, 0.5) is 17.5 Å². The van der Waals surface area contributed by atoms with Gasteiger partial charge in [-0.05, 0) is 30.2 Å². The van der Waals surface area contributed by atoms with Gasteiger partial charge in [0, 0.05) is 32.7 Å². The lowest BCUT2D eigenvalue weighted by atomic mass is 9.99. The fraction of sp³-hybridized carbons (Fsp3) is 0.261. The Hall–Kier alpha value is -3.86. The van der Waals surface area contributed by atoms with Crippen molar-refractivity contribution in [2.24, 2.45) is 0 Å². The van der Waals surface area contributed by atoms with Crippen molar-refractivity contribution in [2.45, 2.75) is 23.9 Å². The summed E-state index contributed by atoms with van der Waals surface area (Å²) in [5, 5.41) is 0. The topological polar surface area (TPSA) is 117 Å². The molecule has 174 valence electrons. The monoisotopic (exact) mass is 478 g/mol. The minimum Gasteiger partial charge on any atom is -0.346 e. The summed E-state index contributed by atoms with van der Waals surface area (Å²) in [6, 6.07) is 7.25. The number of hydrogen-bond donors (Lipinski definition) is 0. The summed E-state index contributed by atoms with van der Waals surface area (Å²) >= 11 is 0. The van der Waals surface area contributed by atoms with Gasteiger partial charge in [-0.3, -0.25) is 19.5 Å². The highest BCUT2D eigenvalue weighted by Crippen LogP contribution is 2.43. The van der Waals surface area contributed by atoms with Crippen LogP contribution < -0.4 is 14.7 Å². The van der Waals surface area contributed by atoms with Gasteiger partial charge in [0.15, 0.2) is 15.7 Å². The fourth-order valence-electron chi connectivity index (χ4n) is 4.48. The highest BCUT2D eigenvalue weighted by atomic mass is 32.2. The third-order valence-corrected chi connectivity index (χ3v) is 7.50. The van der Waals surface area contributed by atoms with Gasteiger partial charge < -0.3 is 9.80 Å². The number of carbonyl (C=O) groups excluding carboxylic acids is 2. The summed E-state index contributed by atoms with van der Waals surface area (Å²) in [4.78, 5) is 44.1. The maximum absolute atomic E-state index is 13.8. The number of nitrogens with zero attached hydrogens (tertiary/aromatic N) is 6. The normalized spacial score (nSPS) is 19.9. The van der Waals surface area contributed by atoms with E-state index in [-0.39, 0.29) is 22.3 Å². The van der Waals surface area contributed by atoms with Gasteiger partial charge >= 0.3 is 0 Å². The van der Waals surface area contributed by atoms with Crippen molar-refractivity contribution in [1.29, 1.82) is 0 Å². The van der Waals surface area contributed by atoms with Gasteiger partial charge in [-0.1, -0.05) is 18.2 Å². The Morgan fingerprint density at radius 2 is 1.79 bits per heavy atom. The van der Waals surface area contributed by atoms with E-state index in [2.05, 4.69) is 15.0 Å². The number of likely N-dealkylation sites (N-methyl/N-ethyl adjacent to an activating group) is 2. The molecule has 0 aliphatic carbocycles. The van der Waals surface area contributed by atoms with E-state index < -0.39 is 27.8 Å². The lowest BCUT2D eigenvalue weighted by molar-refractivity contribution is -0.119. The molecule has 0 fully saturated rings. The van der Waals surface area contributed by atoms with Gasteiger partial charge in [-0.2, -0.15) is 4.98 Å². The molecule has 2 aliphatic heterocycles. The van der Waals surface area contributed by atoms with Crippen molar-refractivity contribution in [3.63, 3.8) is 0 Å². The second-order valence-corrected chi connectivity index (χ2v) is 10.4. The van der Waals surface area contributed by atoms with Gasteiger partial charge in [-0.15, -0.1) is 0 Å². The number of aromatic nitrogens is 3. The van der Waals surface area contributed by atoms with Crippen LogP contribution >= 0.6 is 0 Å². The first-order valence-electron chi connectivity index (χ1n) is 10.5. The van der Waals surface area contributed by atoms with Crippen LogP contribution in [0.25, 0.3) is 0 Å². The Morgan fingerprint density at radius 3 is 2.47 bits per heavy atom. The molecular formula is C23H22N6O4S. The SMILES string of the molecule is C[C@@H]1C(=O)N(C)c2cnc(N3C(=O)c4c(cccc4S(C)(=O)=O)C3c3cccnc3)nc2N1C. The van der Waals surface area contributed by atoms with Crippen LogP contribution in [0, 0.1) is 0 Å². The lowest BCUT2D eigenvalue weighted by Crippen LogP contribution is -2.49. The Bertz CT molecular complexity index is 1440. The average Bonchev–Trinajstić information content (AvgIpc) is 3.13. The fourth-order valence-corrected chi connectivity index (χ4v) is 5.38. The summed E-state index contributed by atoms with van der Waals surface area (Å²) in [6.07, 6.45) is 5.84. The van der Waals surface area contributed by atoms with Crippen molar-refractivity contribution in [1.82, 2.24) is 15.0 Å². The molecule has 0 saturated heterocycles. The van der Waals surface area contributed by atoms with Gasteiger partial charge in [0.2, 0.25) is 11.9 Å². The lowest BCUT2D eigenvalue weighted by Gasteiger charge is -2.37. The number of anilines is 3. The highest BCUT2D eigenvalue weighted by molar-refractivity contribution is 7.90. The third-order valence-electron chi connectivity index (χ3n) is 6.36. The van der Waals surface area contributed by atoms with E-state index in [0.717, 1.165) is 6.26 Å². The van der Waals surface area contributed by atoms with Crippen LogP contribution in [0.5, 0.6) is 0 Å². The first-order valence-corrected chi connectivity index (χ1v) is 12.4. The van der Waals surface area contributed by atoms with Crippen LogP contribution in [0.15, 0.2) is 53.8 Å². The molecular weight excluding hydrogens is 456 g/mol. The second-order valence-electron chi connectivity index (χ2n) is 8.42. The van der Waals surface area contributed by atoms with Crippen LogP contribution in [-0.4, -0.2) is 61.6 Å². The van der Waals surface area contributed by atoms with Gasteiger partial charge in [0.1, 0.15) is 11.7 Å². The van der Waals surface area contributed by atoms with E-state index in [1.807, 2.05) is 6.07 Å². The number of amides is 2. The maximum Gasteiger partial charge on any atom is 0.263 e. The zero-order chi connectivity index (χ0) is 24.4. The molecule has 11 heteroatoms. The molecule has 0 saturated carbocycles. The molecule has 4 heterocycles. The van der Waals surface area contributed by atoms with Crippen LogP contribution in [0.2, 0.25) is 0 Å². The molecule has 2 atom stereocenters. The van der Waals surface area contributed by atoms with E-state index >= 15 is 0 Å². The molecule has 0 bridgehead atoms. The number of pyridine rings is 1. The molecule has 2 aromatic heterocycles. The standard InChI is InChI=1S/C23H22N6O4S/c1-13-21(30)28(3)16-12-25-23(26-20(16)27(13)2)29-19(14-7-6-10-24-11-14)15-8-5-9-17(34(4,32)33)18(15)22(29)31/h5-13,19H,1-4H3/t13-,19?/m1/s1. The van der Waals surface area contributed by atoms with Crippen molar-refractivity contribution < 1.29 is 18.0 Å². The summed E-state index contributed by atoms with van der Waals surface area (Å²) < 4.78 is 25.0. The van der Waals surface area contributed by atoms with Crippen molar-refractivity contribution in [3.05, 3.63) is 65.6 Å². The molecule has 1 aromatic carbocycles. The molecule has 5 rings (SSSR count). The zero-order valence-electron chi connectivity index (χ0n) is 19.0. The number of rotatable bonds is 3. The minimum absolute atomic E-state index is 0.0413.